The summed E-state index contributed by atoms with van der Waals surface area (Å²) in [6.07, 6.45) is 0. The number of carbonyl (C=O) groups is 2. The number of ketones is 1. The van der Waals surface area contributed by atoms with E-state index in [0.717, 1.165) is 5.56 Å². The van der Waals surface area contributed by atoms with Crippen LogP contribution in [0.2, 0.25) is 0 Å². The first-order valence-corrected chi connectivity index (χ1v) is 6.72. The molecule has 2 aromatic rings. The van der Waals surface area contributed by atoms with Gasteiger partial charge in [-0.3, -0.25) is 4.79 Å². The Morgan fingerprint density at radius 1 is 1.14 bits per heavy atom. The number of hydrogen-bond donors (Lipinski definition) is 1. The molecule has 0 aliphatic carbocycles. The second-order valence-corrected chi connectivity index (χ2v) is 4.76. The highest BCUT2D eigenvalue weighted by atomic mass is 16.5. The van der Waals surface area contributed by atoms with E-state index < -0.39 is 5.97 Å². The van der Waals surface area contributed by atoms with Gasteiger partial charge in [-0.15, -0.1) is 0 Å². The fraction of sp³-hybridized carbons (Fsp3) is 0.176. The number of methoxy groups -OCH3 is 1. The zero-order chi connectivity index (χ0) is 16.1. The van der Waals surface area contributed by atoms with Crippen LogP contribution in [0.15, 0.2) is 42.5 Å². The van der Waals surface area contributed by atoms with Gasteiger partial charge in [0.1, 0.15) is 12.4 Å². The molecule has 5 nitrogen and oxygen atoms in total. The van der Waals surface area contributed by atoms with E-state index in [4.69, 9.17) is 15.2 Å². The lowest BCUT2D eigenvalue weighted by molar-refractivity contribution is 0.0596. The molecule has 114 valence electrons. The Kier molecular flexibility index (Phi) is 4.78. The highest BCUT2D eigenvalue weighted by Gasteiger charge is 2.20. The Bertz CT molecular complexity index is 695. The summed E-state index contributed by atoms with van der Waals surface area (Å²) in [7, 11) is 1.25. The molecular formula is C17H17NO4. The summed E-state index contributed by atoms with van der Waals surface area (Å²) in [5, 5.41) is 0. The molecule has 2 rings (SSSR count). The predicted molar refractivity (Wildman–Crippen MR) is 83.0 cm³/mol. The molecular weight excluding hydrogens is 282 g/mol. The zero-order valence-electron chi connectivity index (χ0n) is 12.5. The van der Waals surface area contributed by atoms with E-state index in [1.165, 1.54) is 26.2 Å². The molecule has 2 aromatic carbocycles. The fourth-order valence-corrected chi connectivity index (χ4v) is 2.13. The number of Topliss-reactive ketones (excluding diaryl/α,β-unsaturated/α-hetero) is 1. The van der Waals surface area contributed by atoms with Gasteiger partial charge in [0.15, 0.2) is 5.78 Å². The SMILES string of the molecule is COC(=O)c1cc(OCc2ccccc2)cc(N)c1C(C)=O. The van der Waals surface area contributed by atoms with Gasteiger partial charge in [0, 0.05) is 11.8 Å². The summed E-state index contributed by atoms with van der Waals surface area (Å²) < 4.78 is 10.3. The summed E-state index contributed by atoms with van der Waals surface area (Å²) in [4.78, 5) is 23.5. The van der Waals surface area contributed by atoms with Gasteiger partial charge in [0.2, 0.25) is 0 Å². The maximum Gasteiger partial charge on any atom is 0.338 e. The number of benzene rings is 2. The van der Waals surface area contributed by atoms with Crippen molar-refractivity contribution in [2.45, 2.75) is 13.5 Å². The van der Waals surface area contributed by atoms with Gasteiger partial charge in [-0.1, -0.05) is 30.3 Å². The summed E-state index contributed by atoms with van der Waals surface area (Å²) in [6, 6.07) is 12.6. The summed E-state index contributed by atoms with van der Waals surface area (Å²) >= 11 is 0. The van der Waals surface area contributed by atoms with E-state index >= 15 is 0 Å². The van der Waals surface area contributed by atoms with Crippen molar-refractivity contribution in [1.29, 1.82) is 0 Å². The zero-order valence-corrected chi connectivity index (χ0v) is 12.5. The predicted octanol–water partition coefficient (Wildman–Crippen LogP) is 2.84. The maximum atomic E-state index is 11.8. The number of anilines is 1. The van der Waals surface area contributed by atoms with Gasteiger partial charge in [0.05, 0.1) is 18.2 Å². The van der Waals surface area contributed by atoms with Crippen LogP contribution in [-0.2, 0) is 11.3 Å². The molecule has 0 aliphatic rings. The lowest BCUT2D eigenvalue weighted by Gasteiger charge is -2.12. The van der Waals surface area contributed by atoms with Crippen LogP contribution >= 0.6 is 0 Å². The minimum Gasteiger partial charge on any atom is -0.489 e. The second-order valence-electron chi connectivity index (χ2n) is 4.76. The third kappa shape index (κ3) is 3.44. The molecule has 22 heavy (non-hydrogen) atoms. The van der Waals surface area contributed by atoms with Crippen molar-refractivity contribution in [3.63, 3.8) is 0 Å². The third-order valence-corrected chi connectivity index (χ3v) is 3.15. The van der Waals surface area contributed by atoms with Gasteiger partial charge >= 0.3 is 5.97 Å². The number of nitrogen functional groups attached to an aromatic ring is 1. The monoisotopic (exact) mass is 299 g/mol. The molecule has 0 saturated heterocycles. The van der Waals surface area contributed by atoms with E-state index in [-0.39, 0.29) is 22.6 Å². The van der Waals surface area contributed by atoms with Gasteiger partial charge < -0.3 is 15.2 Å². The molecule has 0 saturated carbocycles. The Morgan fingerprint density at radius 2 is 1.82 bits per heavy atom. The minimum atomic E-state index is -0.623. The molecule has 0 heterocycles. The third-order valence-electron chi connectivity index (χ3n) is 3.15. The molecule has 0 aliphatic heterocycles. The Labute approximate surface area is 128 Å². The molecule has 0 spiro atoms. The van der Waals surface area contributed by atoms with E-state index in [2.05, 4.69) is 0 Å². The molecule has 0 unspecified atom stereocenters. The van der Waals surface area contributed by atoms with Gasteiger partial charge in [-0.2, -0.15) is 0 Å². The van der Waals surface area contributed by atoms with Crippen molar-refractivity contribution in [1.82, 2.24) is 0 Å². The smallest absolute Gasteiger partial charge is 0.338 e. The number of esters is 1. The molecule has 0 aromatic heterocycles. The average molecular weight is 299 g/mol. The van der Waals surface area contributed by atoms with Crippen LogP contribution in [0.3, 0.4) is 0 Å². The molecule has 0 amide bonds. The van der Waals surface area contributed by atoms with E-state index in [1.54, 1.807) is 0 Å². The van der Waals surface area contributed by atoms with Crippen molar-refractivity contribution < 1.29 is 19.1 Å². The summed E-state index contributed by atoms with van der Waals surface area (Å²) in [5.41, 5.74) is 7.31. The standard InChI is InChI=1S/C17H17NO4/c1-11(19)16-14(17(20)21-2)8-13(9-15(16)18)22-10-12-6-4-3-5-7-12/h3-9H,10,18H2,1-2H3. The number of carbonyl (C=O) groups excluding carboxylic acids is 2. The first kappa shape index (κ1) is 15.6. The molecule has 5 heteroatoms. The first-order valence-electron chi connectivity index (χ1n) is 6.72. The highest BCUT2D eigenvalue weighted by molar-refractivity contribution is 6.09. The lowest BCUT2D eigenvalue weighted by Crippen LogP contribution is -2.12. The van der Waals surface area contributed by atoms with Crippen LogP contribution in [0, 0.1) is 0 Å². The maximum absolute atomic E-state index is 11.8. The largest absolute Gasteiger partial charge is 0.489 e. The molecule has 0 atom stereocenters. The minimum absolute atomic E-state index is 0.109. The van der Waals surface area contributed by atoms with Crippen molar-refractivity contribution in [2.24, 2.45) is 0 Å². The number of rotatable bonds is 5. The first-order chi connectivity index (χ1) is 10.5. The van der Waals surface area contributed by atoms with E-state index in [0.29, 0.717) is 12.4 Å². The number of nitrogens with two attached hydrogens (primary N) is 1. The van der Waals surface area contributed by atoms with Crippen LogP contribution in [0.1, 0.15) is 33.2 Å². The van der Waals surface area contributed by atoms with Crippen LogP contribution in [0.25, 0.3) is 0 Å². The summed E-state index contributed by atoms with van der Waals surface area (Å²) in [6.45, 7) is 1.68. The Hall–Kier alpha value is -2.82. The summed E-state index contributed by atoms with van der Waals surface area (Å²) in [5.74, 6) is -0.513. The van der Waals surface area contributed by atoms with Gasteiger partial charge in [-0.25, -0.2) is 4.79 Å². The number of hydrogen-bond acceptors (Lipinski definition) is 5. The van der Waals surface area contributed by atoms with Crippen molar-refractivity contribution in [2.75, 3.05) is 12.8 Å². The Balaban J connectivity index is 2.31. The van der Waals surface area contributed by atoms with E-state index in [9.17, 15) is 9.59 Å². The van der Waals surface area contributed by atoms with Crippen LogP contribution in [-0.4, -0.2) is 18.9 Å². The Morgan fingerprint density at radius 3 is 2.41 bits per heavy atom. The quantitative estimate of drug-likeness (QED) is 0.522. The normalized spacial score (nSPS) is 10.1. The topological polar surface area (TPSA) is 78.6 Å². The fourth-order valence-electron chi connectivity index (χ4n) is 2.13. The number of ether oxygens (including phenoxy) is 2. The van der Waals surface area contributed by atoms with Crippen molar-refractivity contribution >= 4 is 17.4 Å². The second kappa shape index (κ2) is 6.76. The molecule has 0 bridgehead atoms. The molecule has 2 N–H and O–H groups in total. The van der Waals surface area contributed by atoms with Crippen molar-refractivity contribution in [3.05, 3.63) is 59.2 Å². The van der Waals surface area contributed by atoms with Crippen molar-refractivity contribution in [3.8, 4) is 5.75 Å². The van der Waals surface area contributed by atoms with Crippen LogP contribution < -0.4 is 10.5 Å². The van der Waals surface area contributed by atoms with Gasteiger partial charge in [0.25, 0.3) is 0 Å². The average Bonchev–Trinajstić information content (AvgIpc) is 2.52. The van der Waals surface area contributed by atoms with E-state index in [1.807, 2.05) is 30.3 Å². The molecule has 0 fully saturated rings. The highest BCUT2D eigenvalue weighted by Crippen LogP contribution is 2.26. The lowest BCUT2D eigenvalue weighted by atomic mass is 10.0. The van der Waals surface area contributed by atoms with Gasteiger partial charge in [-0.05, 0) is 18.6 Å². The van der Waals surface area contributed by atoms with Crippen LogP contribution in [0.4, 0.5) is 5.69 Å². The molecule has 0 radical (unpaired) electrons. The van der Waals surface area contributed by atoms with Crippen LogP contribution in [0.5, 0.6) is 5.75 Å².